The fourth-order valence-corrected chi connectivity index (χ4v) is 2.27. The van der Waals surface area contributed by atoms with Gasteiger partial charge in [0.2, 0.25) is 0 Å². The number of nitrogens with one attached hydrogen (secondary N) is 1. The third kappa shape index (κ3) is 3.66. The van der Waals surface area contributed by atoms with Gasteiger partial charge in [-0.05, 0) is 42.5 Å². The molecule has 26 heavy (non-hydrogen) atoms. The van der Waals surface area contributed by atoms with Crippen molar-refractivity contribution in [2.24, 2.45) is 10.7 Å². The van der Waals surface area contributed by atoms with Gasteiger partial charge < -0.3 is 11.1 Å². The molecule has 0 aliphatic carbocycles. The maximum Gasteiger partial charge on any atom is 0.198 e. The van der Waals surface area contributed by atoms with E-state index in [1.807, 2.05) is 30.3 Å². The minimum absolute atomic E-state index is 0.339. The first kappa shape index (κ1) is 17.5. The van der Waals surface area contributed by atoms with Crippen molar-refractivity contribution >= 4 is 22.9 Å². The molecule has 0 unspecified atom stereocenters. The van der Waals surface area contributed by atoms with Gasteiger partial charge >= 0.3 is 0 Å². The summed E-state index contributed by atoms with van der Waals surface area (Å²) in [6.07, 6.45) is 0. The van der Waals surface area contributed by atoms with Gasteiger partial charge in [-0.25, -0.2) is 22.6 Å². The van der Waals surface area contributed by atoms with Crippen LogP contribution in [0, 0.1) is 23.3 Å². The lowest BCUT2D eigenvalue weighted by Gasteiger charge is -2.07. The van der Waals surface area contributed by atoms with Crippen LogP contribution in [0.3, 0.4) is 0 Å². The van der Waals surface area contributed by atoms with Crippen LogP contribution >= 0.6 is 0 Å². The van der Waals surface area contributed by atoms with E-state index in [-0.39, 0.29) is 0 Å². The van der Waals surface area contributed by atoms with Crippen molar-refractivity contribution in [1.82, 2.24) is 0 Å². The number of hydrogen-bond acceptors (Lipinski definition) is 2. The Bertz CT molecular complexity index is 955. The van der Waals surface area contributed by atoms with Gasteiger partial charge in [-0.15, -0.1) is 0 Å². The minimum Gasteiger partial charge on any atom is -0.383 e. The molecule has 0 aliphatic rings. The van der Waals surface area contributed by atoms with E-state index in [1.165, 1.54) is 0 Å². The third-order valence-corrected chi connectivity index (χ3v) is 3.56. The van der Waals surface area contributed by atoms with Crippen molar-refractivity contribution in [2.75, 3.05) is 5.32 Å². The highest BCUT2D eigenvalue weighted by Crippen LogP contribution is 2.22. The van der Waals surface area contributed by atoms with Gasteiger partial charge in [0, 0.05) is 11.4 Å². The van der Waals surface area contributed by atoms with E-state index < -0.39 is 34.7 Å². The van der Waals surface area contributed by atoms with Crippen molar-refractivity contribution in [2.45, 2.75) is 0 Å². The molecule has 3 aromatic carbocycles. The summed E-state index contributed by atoms with van der Waals surface area (Å²) in [4.78, 5) is 3.92. The normalized spacial score (nSPS) is 11.5. The summed E-state index contributed by atoms with van der Waals surface area (Å²) < 4.78 is 53.3. The standard InChI is InChI=1S/C19H13F4N3/c20-15-10-14(16(21)18(23)17(15)22)19(24)26-13-8-6-12(7-9-13)25-11-4-2-1-3-5-11/h1-10,25H,(H2,24,26). The van der Waals surface area contributed by atoms with Crippen LogP contribution in [0.25, 0.3) is 0 Å². The Morgan fingerprint density at radius 2 is 1.38 bits per heavy atom. The second-order valence-corrected chi connectivity index (χ2v) is 5.38. The van der Waals surface area contributed by atoms with Crippen LogP contribution in [0.15, 0.2) is 65.7 Å². The van der Waals surface area contributed by atoms with Crippen LogP contribution in [-0.2, 0) is 0 Å². The number of benzene rings is 3. The average Bonchev–Trinajstić information content (AvgIpc) is 2.65. The van der Waals surface area contributed by atoms with E-state index >= 15 is 0 Å². The van der Waals surface area contributed by atoms with Gasteiger partial charge in [-0.1, -0.05) is 18.2 Å². The molecule has 0 spiro atoms. The average molecular weight is 359 g/mol. The highest BCUT2D eigenvalue weighted by Gasteiger charge is 2.20. The number of para-hydroxylation sites is 1. The molecule has 3 N–H and O–H groups in total. The Labute approximate surface area is 146 Å². The Morgan fingerprint density at radius 3 is 2.04 bits per heavy atom. The summed E-state index contributed by atoms with van der Waals surface area (Å²) in [5.74, 6) is -7.42. The van der Waals surface area contributed by atoms with Crippen molar-refractivity contribution in [1.29, 1.82) is 0 Å². The van der Waals surface area contributed by atoms with Gasteiger partial charge in [0.05, 0.1) is 11.3 Å². The zero-order chi connectivity index (χ0) is 18.7. The summed E-state index contributed by atoms with van der Waals surface area (Å²) in [7, 11) is 0. The molecule has 0 aliphatic heterocycles. The topological polar surface area (TPSA) is 50.4 Å². The third-order valence-electron chi connectivity index (χ3n) is 3.56. The van der Waals surface area contributed by atoms with E-state index in [0.29, 0.717) is 11.8 Å². The molecule has 132 valence electrons. The molecule has 3 aromatic rings. The monoisotopic (exact) mass is 359 g/mol. The first-order chi connectivity index (χ1) is 12.5. The highest BCUT2D eigenvalue weighted by molar-refractivity contribution is 5.99. The number of aliphatic imine (C=N–C) groups is 1. The van der Waals surface area contributed by atoms with Gasteiger partial charge in [0.15, 0.2) is 23.3 Å². The number of rotatable bonds is 4. The van der Waals surface area contributed by atoms with Crippen LogP contribution < -0.4 is 11.1 Å². The molecular formula is C19H13F4N3. The summed E-state index contributed by atoms with van der Waals surface area (Å²) in [5.41, 5.74) is 6.98. The maximum atomic E-state index is 13.7. The molecule has 0 atom stereocenters. The van der Waals surface area contributed by atoms with E-state index in [2.05, 4.69) is 10.3 Å². The quantitative estimate of drug-likeness (QED) is 0.226. The second-order valence-electron chi connectivity index (χ2n) is 5.38. The molecule has 0 fully saturated rings. The Morgan fingerprint density at radius 1 is 0.769 bits per heavy atom. The summed E-state index contributed by atoms with van der Waals surface area (Å²) in [6, 6.07) is 16.5. The van der Waals surface area contributed by atoms with Crippen LogP contribution in [-0.4, -0.2) is 5.84 Å². The molecule has 3 nitrogen and oxygen atoms in total. The highest BCUT2D eigenvalue weighted by atomic mass is 19.2. The van der Waals surface area contributed by atoms with Gasteiger partial charge in [-0.3, -0.25) is 0 Å². The molecule has 0 saturated heterocycles. The molecule has 3 rings (SSSR count). The van der Waals surface area contributed by atoms with Crippen molar-refractivity contribution in [3.05, 3.63) is 89.5 Å². The molecule has 7 heteroatoms. The van der Waals surface area contributed by atoms with Gasteiger partial charge in [-0.2, -0.15) is 0 Å². The zero-order valence-electron chi connectivity index (χ0n) is 13.3. The predicted molar refractivity (Wildman–Crippen MR) is 92.8 cm³/mol. The lowest BCUT2D eigenvalue weighted by molar-refractivity contribution is 0.408. The van der Waals surface area contributed by atoms with Crippen LogP contribution in [0.5, 0.6) is 0 Å². The fraction of sp³-hybridized carbons (Fsp3) is 0. The molecule has 0 bridgehead atoms. The Kier molecular flexibility index (Phi) is 4.88. The van der Waals surface area contributed by atoms with Crippen molar-refractivity contribution in [3.8, 4) is 0 Å². The van der Waals surface area contributed by atoms with Crippen molar-refractivity contribution in [3.63, 3.8) is 0 Å². The molecule has 0 saturated carbocycles. The number of nitrogens with zero attached hydrogens (tertiary/aromatic N) is 1. The number of amidine groups is 1. The Balaban J connectivity index is 1.84. The van der Waals surface area contributed by atoms with Crippen LogP contribution in [0.1, 0.15) is 5.56 Å². The fourth-order valence-electron chi connectivity index (χ4n) is 2.27. The lowest BCUT2D eigenvalue weighted by Crippen LogP contribution is -2.17. The van der Waals surface area contributed by atoms with E-state index in [1.54, 1.807) is 24.3 Å². The molecule has 0 heterocycles. The number of nitrogens with two attached hydrogens (primary N) is 1. The van der Waals surface area contributed by atoms with E-state index in [9.17, 15) is 17.6 Å². The second kappa shape index (κ2) is 7.26. The lowest BCUT2D eigenvalue weighted by atomic mass is 10.1. The summed E-state index contributed by atoms with van der Waals surface area (Å²) >= 11 is 0. The van der Waals surface area contributed by atoms with Crippen LogP contribution in [0.2, 0.25) is 0 Å². The van der Waals surface area contributed by atoms with E-state index in [4.69, 9.17) is 5.73 Å². The SMILES string of the molecule is NC(=Nc1ccc(Nc2ccccc2)cc1)c1cc(F)c(F)c(F)c1F. The number of hydrogen-bond donors (Lipinski definition) is 2. The largest absolute Gasteiger partial charge is 0.383 e. The van der Waals surface area contributed by atoms with Crippen molar-refractivity contribution < 1.29 is 17.6 Å². The first-order valence-electron chi connectivity index (χ1n) is 7.55. The molecular weight excluding hydrogens is 346 g/mol. The molecule has 0 amide bonds. The molecule has 0 aromatic heterocycles. The Hall–Kier alpha value is -3.35. The van der Waals surface area contributed by atoms with Gasteiger partial charge in [0.1, 0.15) is 5.84 Å². The molecule has 0 radical (unpaired) electrons. The predicted octanol–water partition coefficient (Wildman–Crippen LogP) is 5.02. The number of halogens is 4. The smallest absolute Gasteiger partial charge is 0.198 e. The first-order valence-corrected chi connectivity index (χ1v) is 7.55. The van der Waals surface area contributed by atoms with Gasteiger partial charge in [0.25, 0.3) is 0 Å². The zero-order valence-corrected chi connectivity index (χ0v) is 13.3. The number of anilines is 2. The maximum absolute atomic E-state index is 13.7. The van der Waals surface area contributed by atoms with E-state index in [0.717, 1.165) is 11.4 Å². The van der Waals surface area contributed by atoms with Crippen LogP contribution in [0.4, 0.5) is 34.6 Å². The summed E-state index contributed by atoms with van der Waals surface area (Å²) in [6.45, 7) is 0. The summed E-state index contributed by atoms with van der Waals surface area (Å²) in [5, 5.41) is 3.17. The minimum atomic E-state index is -1.93.